The van der Waals surface area contributed by atoms with E-state index in [1.54, 1.807) is 0 Å². The number of halogens is 1. The van der Waals surface area contributed by atoms with Crippen molar-refractivity contribution in [2.45, 2.75) is 12.8 Å². The maximum absolute atomic E-state index is 8.76. The molecule has 0 atom stereocenters. The van der Waals surface area contributed by atoms with Crippen LogP contribution in [0.2, 0.25) is 5.02 Å². The second kappa shape index (κ2) is 6.12. The molecular formula is C14H19ClN2O. The van der Waals surface area contributed by atoms with Crippen LogP contribution in [0.25, 0.3) is 5.70 Å². The first-order valence-electron chi connectivity index (χ1n) is 6.28. The topological polar surface area (TPSA) is 35.5 Å². The molecule has 0 saturated carbocycles. The molecule has 0 fully saturated rings. The third-order valence-corrected chi connectivity index (χ3v) is 3.37. The fourth-order valence-electron chi connectivity index (χ4n) is 2.11. The highest BCUT2D eigenvalue weighted by atomic mass is 35.5. The van der Waals surface area contributed by atoms with Crippen molar-refractivity contribution in [3.05, 3.63) is 34.9 Å². The summed E-state index contributed by atoms with van der Waals surface area (Å²) in [6.45, 7) is 2.03. The largest absolute Gasteiger partial charge is 0.396 e. The first-order valence-corrected chi connectivity index (χ1v) is 6.66. The van der Waals surface area contributed by atoms with Gasteiger partial charge in [-0.05, 0) is 37.1 Å². The number of aliphatic hydroxyl groups excluding tert-OH is 1. The fourth-order valence-corrected chi connectivity index (χ4v) is 2.28. The summed E-state index contributed by atoms with van der Waals surface area (Å²) in [6, 6.07) is 5.97. The molecule has 1 aromatic rings. The average molecular weight is 267 g/mol. The number of nitrogens with one attached hydrogen (secondary N) is 1. The van der Waals surface area contributed by atoms with Crippen LogP contribution in [-0.2, 0) is 0 Å². The van der Waals surface area contributed by atoms with Crippen molar-refractivity contribution in [2.24, 2.45) is 0 Å². The van der Waals surface area contributed by atoms with Crippen LogP contribution >= 0.6 is 11.6 Å². The lowest BCUT2D eigenvalue weighted by Crippen LogP contribution is -2.26. The third kappa shape index (κ3) is 2.98. The van der Waals surface area contributed by atoms with Gasteiger partial charge in [-0.25, -0.2) is 0 Å². The smallest absolute Gasteiger partial charge is 0.0475 e. The Morgan fingerprint density at radius 1 is 1.39 bits per heavy atom. The number of fused-ring (bicyclic) bond motifs is 1. The summed E-state index contributed by atoms with van der Waals surface area (Å²) in [5.74, 6) is 0. The van der Waals surface area contributed by atoms with E-state index in [-0.39, 0.29) is 6.61 Å². The summed E-state index contributed by atoms with van der Waals surface area (Å²) < 4.78 is 0. The van der Waals surface area contributed by atoms with Crippen LogP contribution in [0.4, 0.5) is 5.69 Å². The summed E-state index contributed by atoms with van der Waals surface area (Å²) in [5, 5.41) is 13.0. The molecule has 0 radical (unpaired) electrons. The normalized spacial score (nSPS) is 14.2. The molecule has 1 aromatic carbocycles. The second-order valence-electron chi connectivity index (χ2n) is 4.52. The second-order valence-corrected chi connectivity index (χ2v) is 4.95. The Hall–Kier alpha value is -1.19. The van der Waals surface area contributed by atoms with Crippen LogP contribution in [-0.4, -0.2) is 31.9 Å². The first-order chi connectivity index (χ1) is 8.72. The standard InChI is InChI=1S/C14H19ClN2O/c1-17-8-6-13(16-7-2-3-9-18)12-5-4-11(15)10-14(12)17/h4-6,10,16,18H,2-3,7-9H2,1H3. The van der Waals surface area contributed by atoms with Gasteiger partial charge < -0.3 is 15.3 Å². The van der Waals surface area contributed by atoms with Crippen molar-refractivity contribution >= 4 is 23.0 Å². The van der Waals surface area contributed by atoms with E-state index in [1.165, 1.54) is 5.56 Å². The molecule has 1 aliphatic rings. The van der Waals surface area contributed by atoms with Gasteiger partial charge in [-0.2, -0.15) is 0 Å². The van der Waals surface area contributed by atoms with Crippen molar-refractivity contribution in [1.29, 1.82) is 0 Å². The third-order valence-electron chi connectivity index (χ3n) is 3.13. The Labute approximate surface area is 113 Å². The molecule has 0 amide bonds. The van der Waals surface area contributed by atoms with E-state index in [0.29, 0.717) is 0 Å². The van der Waals surface area contributed by atoms with Crippen LogP contribution in [0.5, 0.6) is 0 Å². The summed E-state index contributed by atoms with van der Waals surface area (Å²) in [6.07, 6.45) is 4.01. The van der Waals surface area contributed by atoms with E-state index in [9.17, 15) is 0 Å². The molecular weight excluding hydrogens is 248 g/mol. The van der Waals surface area contributed by atoms with Gasteiger partial charge in [0.15, 0.2) is 0 Å². The number of rotatable bonds is 5. The highest BCUT2D eigenvalue weighted by Crippen LogP contribution is 2.31. The molecule has 18 heavy (non-hydrogen) atoms. The lowest BCUT2D eigenvalue weighted by atomic mass is 10.0. The number of anilines is 1. The molecule has 0 saturated heterocycles. The van der Waals surface area contributed by atoms with E-state index >= 15 is 0 Å². The van der Waals surface area contributed by atoms with E-state index in [1.807, 2.05) is 12.1 Å². The minimum atomic E-state index is 0.260. The maximum atomic E-state index is 8.76. The highest BCUT2D eigenvalue weighted by molar-refractivity contribution is 6.31. The van der Waals surface area contributed by atoms with Crippen LogP contribution in [0.3, 0.4) is 0 Å². The van der Waals surface area contributed by atoms with Gasteiger partial charge in [0, 0.05) is 48.7 Å². The SMILES string of the molecule is CN1CC=C(NCCCCO)c2ccc(Cl)cc21. The molecule has 3 nitrogen and oxygen atoms in total. The lowest BCUT2D eigenvalue weighted by molar-refractivity contribution is 0.284. The van der Waals surface area contributed by atoms with E-state index in [0.717, 1.165) is 42.3 Å². The van der Waals surface area contributed by atoms with Crippen molar-refractivity contribution in [3.63, 3.8) is 0 Å². The number of benzene rings is 1. The van der Waals surface area contributed by atoms with E-state index in [4.69, 9.17) is 16.7 Å². The minimum Gasteiger partial charge on any atom is -0.396 e. The molecule has 0 bridgehead atoms. The van der Waals surface area contributed by atoms with Crippen molar-refractivity contribution in [2.75, 3.05) is 31.6 Å². The van der Waals surface area contributed by atoms with Gasteiger partial charge in [-0.15, -0.1) is 0 Å². The summed E-state index contributed by atoms with van der Waals surface area (Å²) in [5.41, 5.74) is 3.52. The summed E-state index contributed by atoms with van der Waals surface area (Å²) in [4.78, 5) is 2.18. The van der Waals surface area contributed by atoms with Crippen LogP contribution in [0, 0.1) is 0 Å². The first kappa shape index (κ1) is 13.2. The number of nitrogens with zero attached hydrogens (tertiary/aromatic N) is 1. The minimum absolute atomic E-state index is 0.260. The number of likely N-dealkylation sites (N-methyl/N-ethyl adjacent to an activating group) is 1. The van der Waals surface area contributed by atoms with Crippen molar-refractivity contribution < 1.29 is 5.11 Å². The van der Waals surface area contributed by atoms with E-state index in [2.05, 4.69) is 29.4 Å². The Morgan fingerprint density at radius 3 is 3.00 bits per heavy atom. The van der Waals surface area contributed by atoms with Crippen LogP contribution < -0.4 is 10.2 Å². The Balaban J connectivity index is 2.09. The Bertz CT molecular complexity index is 445. The predicted molar refractivity (Wildman–Crippen MR) is 77.0 cm³/mol. The van der Waals surface area contributed by atoms with E-state index < -0.39 is 0 Å². The number of hydrogen-bond acceptors (Lipinski definition) is 3. The molecule has 1 aliphatic heterocycles. The number of unbranched alkanes of at least 4 members (excludes halogenated alkanes) is 1. The van der Waals surface area contributed by atoms with Gasteiger partial charge in [-0.1, -0.05) is 11.6 Å². The van der Waals surface area contributed by atoms with Gasteiger partial charge in [0.2, 0.25) is 0 Å². The predicted octanol–water partition coefficient (Wildman–Crippen LogP) is 2.49. The maximum Gasteiger partial charge on any atom is 0.0475 e. The average Bonchev–Trinajstić information content (AvgIpc) is 2.37. The molecule has 0 aliphatic carbocycles. The van der Waals surface area contributed by atoms with Gasteiger partial charge in [0.25, 0.3) is 0 Å². The molecule has 0 unspecified atom stereocenters. The zero-order valence-corrected chi connectivity index (χ0v) is 11.4. The molecule has 98 valence electrons. The van der Waals surface area contributed by atoms with Crippen LogP contribution in [0.1, 0.15) is 18.4 Å². The zero-order valence-electron chi connectivity index (χ0n) is 10.6. The van der Waals surface area contributed by atoms with Crippen molar-refractivity contribution in [1.82, 2.24) is 5.32 Å². The number of aliphatic hydroxyl groups is 1. The summed E-state index contributed by atoms with van der Waals surface area (Å²) in [7, 11) is 2.06. The van der Waals surface area contributed by atoms with Crippen molar-refractivity contribution in [3.8, 4) is 0 Å². The number of hydrogen-bond donors (Lipinski definition) is 2. The highest BCUT2D eigenvalue weighted by Gasteiger charge is 2.15. The Kier molecular flexibility index (Phi) is 4.50. The molecule has 0 aromatic heterocycles. The zero-order chi connectivity index (χ0) is 13.0. The quantitative estimate of drug-likeness (QED) is 0.804. The summed E-state index contributed by atoms with van der Waals surface area (Å²) >= 11 is 6.04. The van der Waals surface area contributed by atoms with Gasteiger partial charge in [0.05, 0.1) is 0 Å². The monoisotopic (exact) mass is 266 g/mol. The molecule has 1 heterocycles. The fraction of sp³-hybridized carbons (Fsp3) is 0.429. The lowest BCUT2D eigenvalue weighted by Gasteiger charge is -2.28. The van der Waals surface area contributed by atoms with Crippen LogP contribution in [0.15, 0.2) is 24.3 Å². The molecule has 2 rings (SSSR count). The molecule has 2 N–H and O–H groups in total. The molecule has 4 heteroatoms. The van der Waals surface area contributed by atoms with Gasteiger partial charge >= 0.3 is 0 Å². The van der Waals surface area contributed by atoms with Gasteiger partial charge in [0.1, 0.15) is 0 Å². The molecule has 0 spiro atoms. The van der Waals surface area contributed by atoms with Gasteiger partial charge in [-0.3, -0.25) is 0 Å². The Morgan fingerprint density at radius 2 is 2.22 bits per heavy atom.